The topological polar surface area (TPSA) is 106 Å². The molecule has 0 saturated carbocycles. The zero-order valence-corrected chi connectivity index (χ0v) is 20.4. The Bertz CT molecular complexity index is 925. The molecule has 8 nitrogen and oxygen atoms in total. The van der Waals surface area contributed by atoms with Gasteiger partial charge in [-0.15, -0.1) is 0 Å². The second-order valence-electron chi connectivity index (χ2n) is 6.74. The van der Waals surface area contributed by atoms with Gasteiger partial charge in [-0.2, -0.15) is 0 Å². The summed E-state index contributed by atoms with van der Waals surface area (Å²) in [5.41, 5.74) is 4.05. The first-order chi connectivity index (χ1) is 15.4. The van der Waals surface area contributed by atoms with Gasteiger partial charge in [0.25, 0.3) is 0 Å². The SMILES string of the molecule is CN(CCO)c1ccnc(-c2cc(O)cc(-c3cc(N(C)CCO)ccn3)n2)c1.[Cl][Mn][Cl]. The van der Waals surface area contributed by atoms with E-state index in [0.717, 1.165) is 11.4 Å². The first-order valence-corrected chi connectivity index (χ1v) is 12.8. The summed E-state index contributed by atoms with van der Waals surface area (Å²) in [6.45, 7) is 1.10. The average molecular weight is 521 g/mol. The van der Waals surface area contributed by atoms with E-state index in [9.17, 15) is 5.11 Å². The fourth-order valence-corrected chi connectivity index (χ4v) is 2.93. The number of hydrogen-bond donors (Lipinski definition) is 3. The molecule has 3 N–H and O–H groups in total. The first kappa shape index (κ1) is 26.1. The van der Waals surface area contributed by atoms with Crippen LogP contribution in [0.2, 0.25) is 0 Å². The summed E-state index contributed by atoms with van der Waals surface area (Å²) < 4.78 is 0. The molecule has 0 radical (unpaired) electrons. The molecular weight excluding hydrogens is 496 g/mol. The van der Waals surface area contributed by atoms with Crippen molar-refractivity contribution < 1.29 is 28.5 Å². The van der Waals surface area contributed by atoms with Crippen LogP contribution in [-0.4, -0.2) is 70.7 Å². The molecule has 0 aliphatic heterocycles. The van der Waals surface area contributed by atoms with Gasteiger partial charge in [0.1, 0.15) is 5.75 Å². The number of likely N-dealkylation sites (N-methyl/N-ethyl adjacent to an activating group) is 2. The molecule has 173 valence electrons. The molecule has 0 aliphatic rings. The molecular formula is C21H25Cl2MnN5O3. The van der Waals surface area contributed by atoms with Crippen molar-refractivity contribution in [2.75, 3.05) is 50.2 Å². The molecule has 3 heterocycles. The van der Waals surface area contributed by atoms with E-state index in [1.54, 1.807) is 24.5 Å². The van der Waals surface area contributed by atoms with Crippen LogP contribution in [-0.2, 0) is 13.1 Å². The molecule has 0 spiro atoms. The first-order valence-electron chi connectivity index (χ1n) is 9.58. The second-order valence-corrected chi connectivity index (χ2v) is 8.69. The van der Waals surface area contributed by atoms with Crippen LogP contribution in [0.1, 0.15) is 0 Å². The number of pyridine rings is 3. The van der Waals surface area contributed by atoms with Crippen LogP contribution in [0.15, 0.2) is 48.8 Å². The Labute approximate surface area is 202 Å². The van der Waals surface area contributed by atoms with Crippen LogP contribution in [0.25, 0.3) is 22.8 Å². The molecule has 0 aromatic carbocycles. The Hall–Kier alpha value is -2.13. The van der Waals surface area contributed by atoms with Gasteiger partial charge in [-0.25, -0.2) is 4.98 Å². The summed E-state index contributed by atoms with van der Waals surface area (Å²) in [4.78, 5) is 17.2. The van der Waals surface area contributed by atoms with Crippen molar-refractivity contribution in [3.8, 4) is 28.5 Å². The van der Waals surface area contributed by atoms with Crippen molar-refractivity contribution in [2.24, 2.45) is 0 Å². The maximum absolute atomic E-state index is 10.3. The quantitative estimate of drug-likeness (QED) is 0.389. The normalized spacial score (nSPS) is 10.3. The molecule has 3 aromatic rings. The zero-order chi connectivity index (χ0) is 23.5. The molecule has 0 atom stereocenters. The van der Waals surface area contributed by atoms with Crippen LogP contribution in [0, 0.1) is 0 Å². The zero-order valence-electron chi connectivity index (χ0n) is 17.7. The third kappa shape index (κ3) is 7.48. The summed E-state index contributed by atoms with van der Waals surface area (Å²) in [5.74, 6) is 0.0665. The van der Waals surface area contributed by atoms with E-state index in [4.69, 9.17) is 30.4 Å². The summed E-state index contributed by atoms with van der Waals surface area (Å²) in [6, 6.07) is 10.5. The average Bonchev–Trinajstić information content (AvgIpc) is 2.80. The number of anilines is 2. The van der Waals surface area contributed by atoms with Gasteiger partial charge in [0.05, 0.1) is 36.0 Å². The van der Waals surface area contributed by atoms with Crippen LogP contribution in [0.4, 0.5) is 11.4 Å². The fourth-order valence-electron chi connectivity index (χ4n) is 2.93. The van der Waals surface area contributed by atoms with E-state index >= 15 is 0 Å². The number of aliphatic hydroxyl groups excluding tert-OH is 2. The van der Waals surface area contributed by atoms with E-state index in [2.05, 4.69) is 15.0 Å². The number of aromatic hydroxyl groups is 1. The number of halogens is 2. The number of aromatic nitrogens is 3. The molecule has 0 amide bonds. The standard InChI is InChI=1S/C21H25N5O3.2ClH.Mn/c1-25(7-9-27)15-3-5-22-18(11-15)20-13-17(29)14-21(24-20)19-12-16(4-6-23-19)26(2)8-10-28;;;/h3-6,11-14,27-28H,7-10H2,1-2H3,(H,24,29);2*1H;/q;;;+2/p-2. The van der Waals surface area contributed by atoms with Gasteiger partial charge in [0.15, 0.2) is 0 Å². The minimum absolute atomic E-state index is 0.00694. The number of rotatable bonds is 8. The van der Waals surface area contributed by atoms with Crippen LogP contribution in [0.5, 0.6) is 5.75 Å². The van der Waals surface area contributed by atoms with E-state index in [1.807, 2.05) is 48.2 Å². The van der Waals surface area contributed by atoms with Gasteiger partial charge in [-0.1, -0.05) is 0 Å². The van der Waals surface area contributed by atoms with Gasteiger partial charge >= 0.3 is 33.3 Å². The van der Waals surface area contributed by atoms with E-state index in [0.29, 0.717) is 35.9 Å². The molecule has 0 unspecified atom stereocenters. The van der Waals surface area contributed by atoms with Crippen molar-refractivity contribution in [1.29, 1.82) is 0 Å². The summed E-state index contributed by atoms with van der Waals surface area (Å²) in [7, 11) is 13.4. The van der Waals surface area contributed by atoms with E-state index < -0.39 is 0 Å². The molecule has 0 bridgehead atoms. The Morgan fingerprint density at radius 3 is 1.56 bits per heavy atom. The number of aliphatic hydroxyl groups is 2. The van der Waals surface area contributed by atoms with Crippen molar-refractivity contribution in [2.45, 2.75) is 0 Å². The monoisotopic (exact) mass is 520 g/mol. The molecule has 3 rings (SSSR count). The molecule has 3 aromatic heterocycles. The third-order valence-electron chi connectivity index (χ3n) is 4.57. The van der Waals surface area contributed by atoms with E-state index in [-0.39, 0.29) is 32.1 Å². The molecule has 11 heteroatoms. The Morgan fingerprint density at radius 1 is 0.781 bits per heavy atom. The van der Waals surface area contributed by atoms with Crippen molar-refractivity contribution in [1.82, 2.24) is 15.0 Å². The number of hydrogen-bond acceptors (Lipinski definition) is 8. The predicted octanol–water partition coefficient (Wildman–Crippen LogP) is 3.14. The fraction of sp³-hybridized carbons (Fsp3) is 0.286. The second kappa shape index (κ2) is 13.4. The van der Waals surface area contributed by atoms with Gasteiger partial charge in [0.2, 0.25) is 0 Å². The van der Waals surface area contributed by atoms with Crippen LogP contribution >= 0.6 is 20.2 Å². The van der Waals surface area contributed by atoms with Crippen molar-refractivity contribution in [3.05, 3.63) is 48.8 Å². The summed E-state index contributed by atoms with van der Waals surface area (Å²) in [6.07, 6.45) is 3.35. The van der Waals surface area contributed by atoms with Gasteiger partial charge < -0.3 is 25.1 Å². The van der Waals surface area contributed by atoms with E-state index in [1.165, 1.54) is 0 Å². The van der Waals surface area contributed by atoms with Gasteiger partial charge in [-0.05, 0) is 24.3 Å². The summed E-state index contributed by atoms with van der Waals surface area (Å²) >= 11 is 0.00694. The van der Waals surface area contributed by atoms with Crippen LogP contribution < -0.4 is 9.80 Å². The van der Waals surface area contributed by atoms with Crippen molar-refractivity contribution in [3.63, 3.8) is 0 Å². The molecule has 0 fully saturated rings. The minimum atomic E-state index is 0.00694. The van der Waals surface area contributed by atoms with Crippen LogP contribution in [0.3, 0.4) is 0 Å². The molecule has 0 saturated heterocycles. The van der Waals surface area contributed by atoms with Gasteiger partial charge in [0, 0.05) is 63.1 Å². The maximum atomic E-state index is 10.3. The van der Waals surface area contributed by atoms with Gasteiger partial charge in [-0.3, -0.25) is 9.97 Å². The molecule has 0 aliphatic carbocycles. The Balaban J connectivity index is 0.00000114. The van der Waals surface area contributed by atoms with Crippen molar-refractivity contribution >= 4 is 31.6 Å². The Morgan fingerprint density at radius 2 is 1.19 bits per heavy atom. The predicted molar refractivity (Wildman–Crippen MR) is 125 cm³/mol. The Kier molecular flexibility index (Phi) is 11.0. The number of nitrogens with zero attached hydrogens (tertiary/aromatic N) is 5. The third-order valence-corrected chi connectivity index (χ3v) is 4.57. The summed E-state index contributed by atoms with van der Waals surface area (Å²) in [5, 5.41) is 28.6. The molecule has 32 heavy (non-hydrogen) atoms.